The predicted octanol–water partition coefficient (Wildman–Crippen LogP) is 4.23. The number of nitriles is 1. The van der Waals surface area contributed by atoms with Crippen molar-refractivity contribution in [1.29, 1.82) is 5.26 Å². The highest BCUT2D eigenvalue weighted by atomic mass is 32.2. The predicted molar refractivity (Wildman–Crippen MR) is 117 cm³/mol. The van der Waals surface area contributed by atoms with Crippen LogP contribution in [0.3, 0.4) is 0 Å². The van der Waals surface area contributed by atoms with Crippen molar-refractivity contribution in [1.82, 2.24) is 9.78 Å². The fourth-order valence-electron chi connectivity index (χ4n) is 3.42. The van der Waals surface area contributed by atoms with Gasteiger partial charge in [-0.2, -0.15) is 28.6 Å². The molecule has 2 aliphatic heterocycles. The summed E-state index contributed by atoms with van der Waals surface area (Å²) in [4.78, 5) is 13.6. The normalized spacial score (nSPS) is 17.0. The molecule has 4 rings (SSSR count). The SMILES string of the molecule is CN1N=C(SCc2ccc(C(F)(F)F)cc2C#N)Sc2c1cnn(C1CCOCC1)c2=O. The first-order chi connectivity index (χ1) is 15.3. The Hall–Kier alpha value is -2.49. The number of halogens is 3. The number of aromatic nitrogens is 2. The molecule has 7 nitrogen and oxygen atoms in total. The van der Waals surface area contributed by atoms with Gasteiger partial charge >= 0.3 is 6.18 Å². The summed E-state index contributed by atoms with van der Waals surface area (Å²) in [6.07, 6.45) is -1.46. The van der Waals surface area contributed by atoms with Crippen LogP contribution in [0.1, 0.15) is 35.6 Å². The molecule has 0 radical (unpaired) electrons. The van der Waals surface area contributed by atoms with E-state index in [0.29, 0.717) is 46.6 Å². The van der Waals surface area contributed by atoms with Crippen LogP contribution in [0.25, 0.3) is 0 Å². The molecule has 1 aromatic heterocycles. The van der Waals surface area contributed by atoms with E-state index in [4.69, 9.17) is 4.74 Å². The Bertz CT molecular complexity index is 1150. The third-order valence-corrected chi connectivity index (χ3v) is 7.39. The summed E-state index contributed by atoms with van der Waals surface area (Å²) in [5, 5.41) is 19.6. The Morgan fingerprint density at radius 2 is 2.09 bits per heavy atom. The zero-order valence-electron chi connectivity index (χ0n) is 16.9. The standard InChI is InChI=1S/C20H18F3N5O2S2/c1-27-16-10-25-28(15-4-6-30-7-5-15)18(29)17(16)32-19(26-27)31-11-12-2-3-14(20(21,22)23)8-13(12)9-24/h2-3,8,10,15H,4-7,11H2,1H3. The smallest absolute Gasteiger partial charge is 0.381 e. The van der Waals surface area contributed by atoms with Crippen LogP contribution in [0, 0.1) is 11.3 Å². The quantitative estimate of drug-likeness (QED) is 0.649. The number of hydrogen-bond acceptors (Lipinski definition) is 8. The topological polar surface area (TPSA) is 83.5 Å². The number of hydrazone groups is 1. The minimum atomic E-state index is -4.51. The number of rotatable bonds is 3. The second kappa shape index (κ2) is 9.17. The Morgan fingerprint density at radius 3 is 2.78 bits per heavy atom. The van der Waals surface area contributed by atoms with Crippen LogP contribution in [-0.2, 0) is 16.7 Å². The third-order valence-electron chi connectivity index (χ3n) is 5.15. The van der Waals surface area contributed by atoms with Gasteiger partial charge in [0.2, 0.25) is 0 Å². The molecular formula is C20H18F3N5O2S2. The van der Waals surface area contributed by atoms with Crippen LogP contribution >= 0.6 is 23.5 Å². The molecule has 0 N–H and O–H groups in total. The first-order valence-corrected chi connectivity index (χ1v) is 11.5. The molecule has 2 aromatic rings. The number of fused-ring (bicyclic) bond motifs is 1. The van der Waals surface area contributed by atoms with E-state index in [2.05, 4.69) is 10.2 Å². The first-order valence-electron chi connectivity index (χ1n) is 9.70. The Kier molecular flexibility index (Phi) is 6.50. The highest BCUT2D eigenvalue weighted by Gasteiger charge is 2.31. The number of alkyl halides is 3. The summed E-state index contributed by atoms with van der Waals surface area (Å²) >= 11 is 2.47. The fourth-order valence-corrected chi connectivity index (χ4v) is 5.60. The number of thioether (sulfide) groups is 2. The summed E-state index contributed by atoms with van der Waals surface area (Å²) in [7, 11) is 1.71. The van der Waals surface area contributed by atoms with Gasteiger partial charge in [0.25, 0.3) is 5.56 Å². The third kappa shape index (κ3) is 4.65. The van der Waals surface area contributed by atoms with Gasteiger partial charge in [-0.1, -0.05) is 29.6 Å². The monoisotopic (exact) mass is 481 g/mol. The van der Waals surface area contributed by atoms with Gasteiger partial charge in [-0.25, -0.2) is 4.68 Å². The summed E-state index contributed by atoms with van der Waals surface area (Å²) < 4.78 is 46.2. The van der Waals surface area contributed by atoms with Crippen molar-refractivity contribution in [2.24, 2.45) is 5.10 Å². The van der Waals surface area contributed by atoms with Crippen LogP contribution in [0.4, 0.5) is 18.9 Å². The lowest BCUT2D eigenvalue weighted by Gasteiger charge is -2.26. The van der Waals surface area contributed by atoms with E-state index < -0.39 is 11.7 Å². The maximum atomic E-state index is 13.1. The molecule has 3 heterocycles. The van der Waals surface area contributed by atoms with Gasteiger partial charge in [0, 0.05) is 26.0 Å². The molecule has 32 heavy (non-hydrogen) atoms. The molecular weight excluding hydrogens is 463 g/mol. The van der Waals surface area contributed by atoms with E-state index in [9.17, 15) is 23.2 Å². The lowest BCUT2D eigenvalue weighted by atomic mass is 10.1. The zero-order valence-corrected chi connectivity index (χ0v) is 18.6. The van der Waals surface area contributed by atoms with E-state index in [1.807, 2.05) is 6.07 Å². The minimum absolute atomic E-state index is 0.0206. The van der Waals surface area contributed by atoms with E-state index in [0.717, 1.165) is 12.1 Å². The van der Waals surface area contributed by atoms with Gasteiger partial charge in [-0.3, -0.25) is 9.80 Å². The van der Waals surface area contributed by atoms with Crippen LogP contribution in [-0.4, -0.2) is 34.4 Å². The molecule has 0 unspecified atom stereocenters. The molecule has 168 valence electrons. The molecule has 12 heteroatoms. The molecule has 0 saturated carbocycles. The molecule has 0 spiro atoms. The van der Waals surface area contributed by atoms with Gasteiger partial charge in [-0.05, 0) is 30.5 Å². The molecule has 0 atom stereocenters. The summed E-state index contributed by atoms with van der Waals surface area (Å²) in [6, 6.07) is 4.94. The Morgan fingerprint density at radius 1 is 1.34 bits per heavy atom. The second-order valence-electron chi connectivity index (χ2n) is 7.21. The number of anilines is 1. The average Bonchev–Trinajstić information content (AvgIpc) is 2.78. The largest absolute Gasteiger partial charge is 0.416 e. The Labute approximate surface area is 190 Å². The van der Waals surface area contributed by atoms with Crippen molar-refractivity contribution in [2.45, 2.75) is 35.7 Å². The van der Waals surface area contributed by atoms with Gasteiger partial charge < -0.3 is 4.74 Å². The van der Waals surface area contributed by atoms with Crippen LogP contribution < -0.4 is 10.6 Å². The van der Waals surface area contributed by atoms with Crippen molar-refractivity contribution in [3.05, 3.63) is 51.4 Å². The van der Waals surface area contributed by atoms with Crippen LogP contribution in [0.5, 0.6) is 0 Å². The van der Waals surface area contributed by atoms with E-state index >= 15 is 0 Å². The fraction of sp³-hybridized carbons (Fsp3) is 0.400. The van der Waals surface area contributed by atoms with Crippen molar-refractivity contribution < 1.29 is 17.9 Å². The summed E-state index contributed by atoms with van der Waals surface area (Å²) in [5.41, 5.74) is -0.0291. The lowest BCUT2D eigenvalue weighted by molar-refractivity contribution is -0.137. The molecule has 0 bridgehead atoms. The van der Waals surface area contributed by atoms with E-state index in [1.54, 1.807) is 18.3 Å². The molecule has 1 fully saturated rings. The highest BCUT2D eigenvalue weighted by molar-refractivity contribution is 8.38. The maximum absolute atomic E-state index is 13.1. The van der Waals surface area contributed by atoms with E-state index in [1.165, 1.54) is 34.3 Å². The molecule has 1 aromatic carbocycles. The van der Waals surface area contributed by atoms with Crippen molar-refractivity contribution in [2.75, 3.05) is 25.3 Å². The highest BCUT2D eigenvalue weighted by Crippen LogP contribution is 2.38. The molecule has 1 saturated heterocycles. The summed E-state index contributed by atoms with van der Waals surface area (Å²) in [5.74, 6) is 0.245. The first kappa shape index (κ1) is 22.7. The molecule has 0 aliphatic carbocycles. The number of benzene rings is 1. The molecule has 0 amide bonds. The van der Waals surface area contributed by atoms with Crippen molar-refractivity contribution in [3.63, 3.8) is 0 Å². The van der Waals surface area contributed by atoms with Crippen molar-refractivity contribution >= 4 is 33.6 Å². The van der Waals surface area contributed by atoms with Gasteiger partial charge in [0.05, 0.1) is 35.1 Å². The van der Waals surface area contributed by atoms with Gasteiger partial charge in [0.1, 0.15) is 4.90 Å². The van der Waals surface area contributed by atoms with Crippen LogP contribution in [0.2, 0.25) is 0 Å². The van der Waals surface area contributed by atoms with Crippen LogP contribution in [0.15, 0.2) is 39.2 Å². The number of ether oxygens (including phenoxy) is 1. The minimum Gasteiger partial charge on any atom is -0.381 e. The number of hydrogen-bond donors (Lipinski definition) is 0. The molecule has 2 aliphatic rings. The van der Waals surface area contributed by atoms with Gasteiger partial charge in [0.15, 0.2) is 4.38 Å². The maximum Gasteiger partial charge on any atom is 0.416 e. The zero-order chi connectivity index (χ0) is 22.9. The Balaban J connectivity index is 1.53. The average molecular weight is 482 g/mol. The van der Waals surface area contributed by atoms with Crippen molar-refractivity contribution in [3.8, 4) is 6.07 Å². The second-order valence-corrected chi connectivity index (χ2v) is 9.44. The lowest BCUT2D eigenvalue weighted by Crippen LogP contribution is -2.34. The summed E-state index contributed by atoms with van der Waals surface area (Å²) in [6.45, 7) is 1.17. The number of nitrogens with zero attached hydrogens (tertiary/aromatic N) is 5. The van der Waals surface area contributed by atoms with Gasteiger partial charge in [-0.15, -0.1) is 0 Å². The van der Waals surface area contributed by atoms with E-state index in [-0.39, 0.29) is 22.9 Å².